The van der Waals surface area contributed by atoms with Crippen molar-refractivity contribution in [2.75, 3.05) is 11.5 Å². The number of nitriles is 1. The summed E-state index contributed by atoms with van der Waals surface area (Å²) in [6.45, 7) is 25.0. The number of aryl methyl sites for hydroxylation is 3. The molecule has 8 aromatic carbocycles. The molecule has 0 radical (unpaired) electrons. The van der Waals surface area contributed by atoms with Gasteiger partial charge in [-0.3, -0.25) is 15.0 Å². The molecule has 0 amide bonds. The number of aliphatic imine (C=N–C) groups is 3. The van der Waals surface area contributed by atoms with Crippen LogP contribution < -0.4 is 16.8 Å². The molecule has 0 saturated carbocycles. The summed E-state index contributed by atoms with van der Waals surface area (Å²) in [5, 5.41) is 13.6. The minimum Gasteiger partial charge on any atom is -0.399 e. The molecule has 4 N–H and O–H groups in total. The Hall–Kier alpha value is -9.41. The fourth-order valence-corrected chi connectivity index (χ4v) is 10.3. The van der Waals surface area contributed by atoms with Crippen LogP contribution in [0.4, 0.5) is 11.4 Å². The van der Waals surface area contributed by atoms with E-state index in [1.807, 2.05) is 62.4 Å². The van der Waals surface area contributed by atoms with Crippen LogP contribution in [-0.4, -0.2) is 29.3 Å². The zero-order chi connectivity index (χ0) is 59.4. The molecule has 83 heavy (non-hydrogen) atoms. The van der Waals surface area contributed by atoms with Crippen LogP contribution in [0.15, 0.2) is 226 Å². The SMILES string of the molecule is C=NCc1ccc(-c2cccc(C)c2)c(-n2c(/C=C\C(C)=C/C)cc3cc(N)ccc32)c1.C=NCc1ccc(-c2cccc(C)c2)cc1.C=NCc1ccccc1C1=CC=C(C#N)CC1.CC.Cn1c2ccc(N)cc2c2cc(P)ccc21. The first-order chi connectivity index (χ1) is 40.3. The molecule has 418 valence electrons. The van der Waals surface area contributed by atoms with Crippen molar-refractivity contribution in [1.82, 2.24) is 9.13 Å². The normalized spacial score (nSPS) is 11.8. The van der Waals surface area contributed by atoms with Gasteiger partial charge in [0.25, 0.3) is 0 Å². The van der Waals surface area contributed by atoms with E-state index in [1.54, 1.807) is 0 Å². The molecular formula is C74H77N8P. The Morgan fingerprint density at radius 1 is 0.614 bits per heavy atom. The number of anilines is 2. The van der Waals surface area contributed by atoms with Gasteiger partial charge in [-0.25, -0.2) is 0 Å². The summed E-state index contributed by atoms with van der Waals surface area (Å²) >= 11 is 0. The van der Waals surface area contributed by atoms with Gasteiger partial charge >= 0.3 is 0 Å². The van der Waals surface area contributed by atoms with E-state index < -0.39 is 0 Å². The Labute approximate surface area is 494 Å². The van der Waals surface area contributed by atoms with Crippen molar-refractivity contribution in [3.8, 4) is 34.0 Å². The van der Waals surface area contributed by atoms with E-state index in [2.05, 4.69) is 252 Å². The zero-order valence-corrected chi connectivity index (χ0v) is 50.4. The van der Waals surface area contributed by atoms with E-state index in [0.29, 0.717) is 19.6 Å². The third-order valence-electron chi connectivity index (χ3n) is 14.3. The van der Waals surface area contributed by atoms with E-state index in [4.69, 9.17) is 16.7 Å². The standard InChI is InChI=1S/C29H29N3.C15H14N2.C15H15N.C13H13N2P.C2H6/c1-5-20(2)9-12-26-18-24-17-25(30)11-14-28(24)32(26)29-16-22(19-31-4)10-13-27(29)23-8-6-7-21(3)15-23;1-17-11-14-4-2-3-5-15(14)13-8-6-12(10-16)7-9-13;1-12-4-3-5-15(10-12)14-8-6-13(7-9-14)11-16-2;1-15-12-4-2-8(14)6-10(12)11-7-9(16)3-5-13(11)15;1-2/h5-18H,4,19,30H2,1-3H3;2-6,8H,1,7,9,11H2;3-10H,2,11H2,1H3;2-7H,14,16H2,1H3;1-2H3/b12-9-,20-5-;;;;. The van der Waals surface area contributed by atoms with Crippen LogP contribution in [0, 0.1) is 25.2 Å². The molecule has 1 aliphatic carbocycles. The maximum atomic E-state index is 8.82. The highest BCUT2D eigenvalue weighted by atomic mass is 31.0. The highest BCUT2D eigenvalue weighted by Crippen LogP contribution is 2.36. The first kappa shape index (κ1) is 61.2. The van der Waals surface area contributed by atoms with Gasteiger partial charge < -0.3 is 20.6 Å². The van der Waals surface area contributed by atoms with Crippen molar-refractivity contribution in [3.63, 3.8) is 0 Å². The summed E-state index contributed by atoms with van der Waals surface area (Å²) in [5.41, 5.74) is 34.8. The predicted molar refractivity (Wildman–Crippen MR) is 366 cm³/mol. The number of hydrogen-bond acceptors (Lipinski definition) is 6. The van der Waals surface area contributed by atoms with Crippen molar-refractivity contribution in [2.45, 2.75) is 74.0 Å². The number of nitrogens with two attached hydrogens (primary N) is 2. The third kappa shape index (κ3) is 15.7. The Morgan fingerprint density at radius 3 is 1.88 bits per heavy atom. The number of nitrogen functional groups attached to an aromatic ring is 2. The lowest BCUT2D eigenvalue weighted by Gasteiger charge is -2.17. The topological polar surface area (TPSA) is 123 Å². The van der Waals surface area contributed by atoms with Gasteiger partial charge in [0, 0.05) is 62.4 Å². The fraction of sp³-hybridized carbons (Fsp3) is 0.162. The van der Waals surface area contributed by atoms with Crippen LogP contribution >= 0.6 is 9.24 Å². The first-order valence-corrected chi connectivity index (χ1v) is 28.7. The lowest BCUT2D eigenvalue weighted by Crippen LogP contribution is -2.01. The molecule has 10 aromatic rings. The monoisotopic (exact) mass is 1110 g/mol. The van der Waals surface area contributed by atoms with Crippen LogP contribution in [-0.2, 0) is 26.7 Å². The smallest absolute Gasteiger partial charge is 0.0947 e. The van der Waals surface area contributed by atoms with Gasteiger partial charge in [-0.05, 0) is 183 Å². The average molecular weight is 1110 g/mol. The second kappa shape index (κ2) is 29.9. The molecule has 9 heteroatoms. The largest absolute Gasteiger partial charge is 0.399 e. The van der Waals surface area contributed by atoms with E-state index in [-0.39, 0.29) is 0 Å². The molecule has 1 unspecified atom stereocenters. The molecule has 0 fully saturated rings. The van der Waals surface area contributed by atoms with Crippen molar-refractivity contribution in [1.29, 1.82) is 5.26 Å². The highest BCUT2D eigenvalue weighted by molar-refractivity contribution is 7.27. The van der Waals surface area contributed by atoms with Gasteiger partial charge in [-0.15, -0.1) is 9.24 Å². The van der Waals surface area contributed by atoms with E-state index in [9.17, 15) is 0 Å². The zero-order valence-electron chi connectivity index (χ0n) is 49.2. The number of nitrogens with zero attached hydrogens (tertiary/aromatic N) is 6. The second-order valence-corrected chi connectivity index (χ2v) is 21.0. The fourth-order valence-electron chi connectivity index (χ4n) is 10.1. The Kier molecular flexibility index (Phi) is 22.0. The van der Waals surface area contributed by atoms with Crippen molar-refractivity contribution in [3.05, 3.63) is 250 Å². The van der Waals surface area contributed by atoms with Gasteiger partial charge in [0.05, 0.1) is 36.9 Å². The number of aromatic nitrogens is 2. The van der Waals surface area contributed by atoms with Gasteiger partial charge in [-0.1, -0.05) is 164 Å². The second-order valence-electron chi connectivity index (χ2n) is 20.3. The van der Waals surface area contributed by atoms with Gasteiger partial charge in [-0.2, -0.15) is 5.26 Å². The summed E-state index contributed by atoms with van der Waals surface area (Å²) in [4.78, 5) is 11.9. The number of allylic oxidation sites excluding steroid dienone is 7. The molecular weight excluding hydrogens is 1030 g/mol. The number of fused-ring (bicyclic) bond motifs is 4. The van der Waals surface area contributed by atoms with Crippen molar-refractivity contribution >= 4 is 90.4 Å². The summed E-state index contributed by atoms with van der Waals surface area (Å²) in [6.07, 6.45) is 12.1. The first-order valence-electron chi connectivity index (χ1n) is 28.1. The molecule has 0 saturated heterocycles. The summed E-state index contributed by atoms with van der Waals surface area (Å²) in [6, 6.07) is 63.4. The van der Waals surface area contributed by atoms with Crippen molar-refractivity contribution in [2.24, 2.45) is 22.0 Å². The Morgan fingerprint density at radius 2 is 1.23 bits per heavy atom. The number of hydrogen-bond donors (Lipinski definition) is 2. The Bertz CT molecular complexity index is 4020. The molecule has 0 bridgehead atoms. The lowest BCUT2D eigenvalue weighted by molar-refractivity contribution is 0.997. The lowest BCUT2D eigenvalue weighted by atomic mass is 9.91. The third-order valence-corrected chi connectivity index (χ3v) is 14.7. The molecule has 8 nitrogen and oxygen atoms in total. The van der Waals surface area contributed by atoms with E-state index in [0.717, 1.165) is 57.6 Å². The van der Waals surface area contributed by atoms with E-state index >= 15 is 0 Å². The summed E-state index contributed by atoms with van der Waals surface area (Å²) < 4.78 is 4.52. The molecule has 0 spiro atoms. The van der Waals surface area contributed by atoms with Gasteiger partial charge in [0.2, 0.25) is 0 Å². The molecule has 1 aliphatic rings. The molecule has 2 heterocycles. The Balaban J connectivity index is 0.000000166. The van der Waals surface area contributed by atoms with Crippen LogP contribution in [0.5, 0.6) is 0 Å². The maximum absolute atomic E-state index is 8.82. The maximum Gasteiger partial charge on any atom is 0.0947 e. The summed E-state index contributed by atoms with van der Waals surface area (Å²) in [7, 11) is 4.82. The quantitative estimate of drug-likeness (QED) is 0.0548. The van der Waals surface area contributed by atoms with Crippen LogP contribution in [0.25, 0.3) is 72.3 Å². The molecule has 11 rings (SSSR count). The van der Waals surface area contributed by atoms with Crippen molar-refractivity contribution < 1.29 is 0 Å². The van der Waals surface area contributed by atoms with Crippen LogP contribution in [0.2, 0.25) is 0 Å². The minimum absolute atomic E-state index is 0.579. The summed E-state index contributed by atoms with van der Waals surface area (Å²) in [5.74, 6) is 0. The molecule has 2 aromatic heterocycles. The average Bonchev–Trinajstić information content (AvgIpc) is 3.10. The van der Waals surface area contributed by atoms with Gasteiger partial charge in [0.15, 0.2) is 0 Å². The molecule has 1 atom stereocenters. The van der Waals surface area contributed by atoms with Crippen LogP contribution in [0.3, 0.4) is 0 Å². The number of benzene rings is 8. The van der Waals surface area contributed by atoms with Crippen LogP contribution in [0.1, 0.15) is 79.6 Å². The minimum atomic E-state index is 0.579. The van der Waals surface area contributed by atoms with E-state index in [1.165, 1.54) is 88.3 Å². The highest BCUT2D eigenvalue weighted by Gasteiger charge is 2.16. The number of rotatable bonds is 12. The molecule has 0 aliphatic heterocycles. The van der Waals surface area contributed by atoms with Gasteiger partial charge in [0.1, 0.15) is 0 Å². The predicted octanol–water partition coefficient (Wildman–Crippen LogP) is 18.2.